The summed E-state index contributed by atoms with van der Waals surface area (Å²) in [6, 6.07) is 18.0. The first-order valence-corrected chi connectivity index (χ1v) is 15.8. The van der Waals surface area contributed by atoms with Crippen molar-refractivity contribution in [2.24, 2.45) is 0 Å². The van der Waals surface area contributed by atoms with E-state index in [1.807, 2.05) is 42.5 Å². The fraction of sp³-hybridized carbons (Fsp3) is 0.114. The quantitative estimate of drug-likeness (QED) is 0.169. The van der Waals surface area contributed by atoms with Gasteiger partial charge >= 0.3 is 11.9 Å². The summed E-state index contributed by atoms with van der Waals surface area (Å²) in [4.78, 5) is 55.0. The highest BCUT2D eigenvalue weighted by Crippen LogP contribution is 2.37. The van der Waals surface area contributed by atoms with Gasteiger partial charge < -0.3 is 19.4 Å². The number of thiophene rings is 1. The van der Waals surface area contributed by atoms with Gasteiger partial charge in [-0.25, -0.2) is 29.5 Å². The first-order chi connectivity index (χ1) is 23.1. The van der Waals surface area contributed by atoms with E-state index in [1.165, 1.54) is 12.7 Å². The highest BCUT2D eigenvalue weighted by atomic mass is 32.1. The number of nitrogens with zero attached hydrogens (tertiary/aromatic N) is 5. The molecule has 0 saturated heterocycles. The minimum absolute atomic E-state index is 0.193. The Hall–Kier alpha value is -6.01. The van der Waals surface area contributed by atoms with Crippen LogP contribution >= 0.6 is 11.3 Å². The minimum atomic E-state index is -0.453. The number of fused-ring (bicyclic) bond motifs is 4. The van der Waals surface area contributed by atoms with Gasteiger partial charge in [-0.15, -0.1) is 11.3 Å². The molecule has 0 amide bonds. The van der Waals surface area contributed by atoms with Crippen molar-refractivity contribution in [2.45, 2.75) is 13.3 Å². The van der Waals surface area contributed by atoms with Gasteiger partial charge in [-0.1, -0.05) is 24.3 Å². The zero-order valence-corrected chi connectivity index (χ0v) is 25.8. The van der Waals surface area contributed by atoms with Crippen molar-refractivity contribution in [2.75, 3.05) is 13.2 Å². The van der Waals surface area contributed by atoms with Gasteiger partial charge in [-0.3, -0.25) is 4.98 Å². The first kappa shape index (κ1) is 28.5. The van der Waals surface area contributed by atoms with Crippen molar-refractivity contribution in [3.63, 3.8) is 0 Å². The molecule has 0 bridgehead atoms. The normalized spacial score (nSPS) is 11.5. The van der Waals surface area contributed by atoms with E-state index >= 15 is 0 Å². The number of pyridine rings is 1. The molecule has 0 radical (unpaired) electrons. The fourth-order valence-corrected chi connectivity index (χ4v) is 6.90. The molecule has 0 atom stereocenters. The molecular formula is C35H25N7O4S. The Bertz CT molecular complexity index is 2480. The number of aromatic amines is 2. The molecule has 0 unspecified atom stereocenters. The molecule has 6 aromatic heterocycles. The van der Waals surface area contributed by atoms with Crippen LogP contribution in [0.25, 0.3) is 64.9 Å². The average Bonchev–Trinajstić information content (AvgIpc) is 3.85. The molecule has 0 fully saturated rings. The van der Waals surface area contributed by atoms with Crippen molar-refractivity contribution >= 4 is 66.3 Å². The van der Waals surface area contributed by atoms with Gasteiger partial charge in [0.1, 0.15) is 23.9 Å². The molecular weight excluding hydrogens is 614 g/mol. The molecule has 8 rings (SSSR count). The van der Waals surface area contributed by atoms with Gasteiger partial charge in [0.25, 0.3) is 0 Å². The largest absolute Gasteiger partial charge is 0.462 e. The van der Waals surface area contributed by atoms with Crippen LogP contribution in [0.15, 0.2) is 85.8 Å². The number of ether oxygens (including phenoxy) is 2. The van der Waals surface area contributed by atoms with E-state index in [0.717, 1.165) is 37.0 Å². The van der Waals surface area contributed by atoms with Gasteiger partial charge in [0, 0.05) is 40.7 Å². The molecule has 47 heavy (non-hydrogen) atoms. The molecule has 11 nitrogen and oxygen atoms in total. The number of aromatic nitrogens is 7. The monoisotopic (exact) mass is 639 g/mol. The molecule has 2 aromatic carbocycles. The summed E-state index contributed by atoms with van der Waals surface area (Å²) in [7, 11) is 0. The summed E-state index contributed by atoms with van der Waals surface area (Å²) in [6.07, 6.45) is 8.48. The van der Waals surface area contributed by atoms with Crippen LogP contribution in [0.5, 0.6) is 0 Å². The highest BCUT2D eigenvalue weighted by Gasteiger charge is 2.21. The third-order valence-electron chi connectivity index (χ3n) is 7.97. The van der Waals surface area contributed by atoms with Crippen molar-refractivity contribution in [1.29, 1.82) is 0 Å². The molecule has 0 aliphatic carbocycles. The van der Waals surface area contributed by atoms with E-state index in [2.05, 4.69) is 47.0 Å². The summed E-state index contributed by atoms with van der Waals surface area (Å²) in [6.45, 7) is 2.24. The SMILES string of the molecule is CCOC(=O)c1c[nH]c2ncnc(-c3cc4ccc(CCOC(=O)c5c[nH]c6ncnc(-c7ccc8ncccc8c7)c56)cc4s3)c12. The van der Waals surface area contributed by atoms with E-state index in [-0.39, 0.29) is 13.2 Å². The predicted octanol–water partition coefficient (Wildman–Crippen LogP) is 6.90. The van der Waals surface area contributed by atoms with Crippen LogP contribution in [0.1, 0.15) is 33.2 Å². The molecule has 0 aliphatic rings. The summed E-state index contributed by atoms with van der Waals surface area (Å²) < 4.78 is 12.0. The maximum absolute atomic E-state index is 13.3. The molecule has 6 heterocycles. The Balaban J connectivity index is 1.02. The van der Waals surface area contributed by atoms with Crippen LogP contribution in [0.2, 0.25) is 0 Å². The summed E-state index contributed by atoms with van der Waals surface area (Å²) in [5, 5.41) is 3.26. The Morgan fingerprint density at radius 1 is 0.766 bits per heavy atom. The number of hydrogen-bond donors (Lipinski definition) is 2. The molecule has 0 spiro atoms. The van der Waals surface area contributed by atoms with E-state index < -0.39 is 11.9 Å². The maximum atomic E-state index is 13.3. The van der Waals surface area contributed by atoms with Gasteiger partial charge in [0.05, 0.1) is 56.9 Å². The number of rotatable bonds is 8. The number of nitrogens with one attached hydrogen (secondary N) is 2. The van der Waals surface area contributed by atoms with Crippen molar-refractivity contribution < 1.29 is 19.1 Å². The van der Waals surface area contributed by atoms with Gasteiger partial charge in [0.2, 0.25) is 0 Å². The van der Waals surface area contributed by atoms with Gasteiger partial charge in [-0.2, -0.15) is 0 Å². The Morgan fingerprint density at radius 3 is 2.30 bits per heavy atom. The van der Waals surface area contributed by atoms with Crippen molar-refractivity contribution in [3.05, 3.63) is 103 Å². The lowest BCUT2D eigenvalue weighted by atomic mass is 10.0. The average molecular weight is 640 g/mol. The van der Waals surface area contributed by atoms with Crippen LogP contribution in [-0.2, 0) is 15.9 Å². The summed E-state index contributed by atoms with van der Waals surface area (Å²) >= 11 is 1.57. The minimum Gasteiger partial charge on any atom is -0.462 e. The Kier molecular flexibility index (Phi) is 7.10. The molecule has 12 heteroatoms. The van der Waals surface area contributed by atoms with Crippen molar-refractivity contribution in [3.8, 4) is 21.8 Å². The zero-order chi connectivity index (χ0) is 31.9. The summed E-state index contributed by atoms with van der Waals surface area (Å²) in [5.74, 6) is -0.874. The van der Waals surface area contributed by atoms with E-state index in [4.69, 9.17) is 9.47 Å². The van der Waals surface area contributed by atoms with Gasteiger partial charge in [0.15, 0.2) is 0 Å². The lowest BCUT2D eigenvalue weighted by Crippen LogP contribution is -2.08. The van der Waals surface area contributed by atoms with Crippen LogP contribution in [0.4, 0.5) is 0 Å². The molecule has 230 valence electrons. The Morgan fingerprint density at radius 2 is 1.51 bits per heavy atom. The standard InChI is InChI=1S/C35H25N7O4S/c1-2-45-34(43)24-16-38-33-29(24)31(40-18-42-33)27-14-21-6-5-19(12-26(21)47-27)9-11-46-35(44)23-15-37-32-28(23)30(39-17-41-32)22-7-8-25-20(13-22)4-3-10-36-25/h3-8,10,12-18H,2,9,11H2,1H3,(H,37,39,41)(H,38,40,42). The number of esters is 2. The number of benzene rings is 2. The van der Waals surface area contributed by atoms with Crippen molar-refractivity contribution in [1.82, 2.24) is 34.9 Å². The lowest BCUT2D eigenvalue weighted by molar-refractivity contribution is 0.0507. The number of H-pyrrole nitrogens is 2. The zero-order valence-electron chi connectivity index (χ0n) is 25.0. The third-order valence-corrected chi connectivity index (χ3v) is 9.08. The van der Waals surface area contributed by atoms with Gasteiger partial charge in [-0.05, 0) is 48.2 Å². The van der Waals surface area contributed by atoms with Crippen LogP contribution < -0.4 is 0 Å². The van der Waals surface area contributed by atoms with Crippen LogP contribution in [0.3, 0.4) is 0 Å². The van der Waals surface area contributed by atoms with E-state index in [0.29, 0.717) is 51.0 Å². The highest BCUT2D eigenvalue weighted by molar-refractivity contribution is 7.22. The lowest BCUT2D eigenvalue weighted by Gasteiger charge is -2.07. The van der Waals surface area contributed by atoms with Crippen LogP contribution in [0, 0.1) is 0 Å². The molecule has 8 aromatic rings. The number of carbonyl (C=O) groups is 2. The molecule has 2 N–H and O–H groups in total. The van der Waals surface area contributed by atoms with E-state index in [1.54, 1.807) is 36.9 Å². The third kappa shape index (κ3) is 5.14. The van der Waals surface area contributed by atoms with E-state index in [9.17, 15) is 9.59 Å². The second kappa shape index (κ2) is 11.7. The summed E-state index contributed by atoms with van der Waals surface area (Å²) in [5.41, 5.74) is 5.97. The second-order valence-electron chi connectivity index (χ2n) is 10.8. The predicted molar refractivity (Wildman–Crippen MR) is 179 cm³/mol. The molecule has 0 aliphatic heterocycles. The second-order valence-corrected chi connectivity index (χ2v) is 11.9. The van der Waals surface area contributed by atoms with Crippen LogP contribution in [-0.4, -0.2) is 60.0 Å². The number of carbonyl (C=O) groups excluding carboxylic acids is 2. The molecule has 0 saturated carbocycles. The Labute approximate surface area is 270 Å². The maximum Gasteiger partial charge on any atom is 0.340 e. The fourth-order valence-electron chi connectivity index (χ4n) is 5.77. The smallest absolute Gasteiger partial charge is 0.340 e. The number of hydrogen-bond acceptors (Lipinski definition) is 10. The first-order valence-electron chi connectivity index (χ1n) is 14.9. The topological polar surface area (TPSA) is 149 Å².